The van der Waals surface area contributed by atoms with Crippen molar-refractivity contribution in [2.75, 3.05) is 0 Å². The van der Waals surface area contributed by atoms with Crippen molar-refractivity contribution in [2.45, 2.75) is 12.2 Å². The second-order valence-electron chi connectivity index (χ2n) is 10.0. The molecule has 0 radical (unpaired) electrons. The van der Waals surface area contributed by atoms with E-state index in [0.717, 1.165) is 44.5 Å². The van der Waals surface area contributed by atoms with Gasteiger partial charge in [0, 0.05) is 0 Å². The molecule has 6 aromatic rings. The van der Waals surface area contributed by atoms with E-state index in [4.69, 9.17) is 0 Å². The molecule has 40 heavy (non-hydrogen) atoms. The number of hydrogen-bond acceptors (Lipinski definition) is 2. The minimum absolute atomic E-state index is 0.666. The number of benzene rings is 6. The maximum atomic E-state index is 11.7. The van der Waals surface area contributed by atoms with Crippen LogP contribution in [-0.2, 0) is 0 Å². The van der Waals surface area contributed by atoms with E-state index in [-0.39, 0.29) is 0 Å². The molecule has 0 aromatic heterocycles. The lowest BCUT2D eigenvalue weighted by Gasteiger charge is -2.22. The van der Waals surface area contributed by atoms with Crippen molar-refractivity contribution in [1.29, 1.82) is 0 Å². The largest absolute Gasteiger partial charge is 0.385 e. The summed E-state index contributed by atoms with van der Waals surface area (Å²) in [6, 6.07) is 52.7. The van der Waals surface area contributed by atoms with E-state index < -0.39 is 12.2 Å². The van der Waals surface area contributed by atoms with Gasteiger partial charge in [0.2, 0.25) is 0 Å². The molecule has 0 saturated carbocycles. The summed E-state index contributed by atoms with van der Waals surface area (Å²) < 4.78 is 0. The predicted octanol–water partition coefficient (Wildman–Crippen LogP) is 9.12. The summed E-state index contributed by atoms with van der Waals surface area (Å²) in [5, 5.41) is 23.3. The van der Waals surface area contributed by atoms with Gasteiger partial charge < -0.3 is 10.2 Å². The van der Waals surface area contributed by atoms with Crippen LogP contribution in [0.25, 0.3) is 44.5 Å². The number of rotatable bonds is 7. The summed E-state index contributed by atoms with van der Waals surface area (Å²) >= 11 is 0. The van der Waals surface area contributed by atoms with Crippen LogP contribution in [0.1, 0.15) is 23.3 Å². The third kappa shape index (κ3) is 5.50. The van der Waals surface area contributed by atoms with Crippen molar-refractivity contribution in [3.05, 3.63) is 169 Å². The van der Waals surface area contributed by atoms with E-state index >= 15 is 0 Å². The van der Waals surface area contributed by atoms with Gasteiger partial charge >= 0.3 is 0 Å². The summed E-state index contributed by atoms with van der Waals surface area (Å²) in [5.74, 6) is 0. The summed E-state index contributed by atoms with van der Waals surface area (Å²) in [5.41, 5.74) is 9.52. The van der Waals surface area contributed by atoms with Crippen molar-refractivity contribution in [3.8, 4) is 44.5 Å². The fraction of sp³-hybridized carbons (Fsp3) is 0.0526. The molecule has 0 spiro atoms. The van der Waals surface area contributed by atoms with Gasteiger partial charge in [-0.05, 0) is 92.0 Å². The highest BCUT2D eigenvalue weighted by Crippen LogP contribution is 2.38. The summed E-state index contributed by atoms with van der Waals surface area (Å²) in [6.07, 6.45) is -2.25. The van der Waals surface area contributed by atoms with Gasteiger partial charge in [0.15, 0.2) is 0 Å². The van der Waals surface area contributed by atoms with Gasteiger partial charge in [0.1, 0.15) is 12.2 Å². The Kier molecular flexibility index (Phi) is 7.37. The van der Waals surface area contributed by atoms with Crippen LogP contribution in [0, 0.1) is 0 Å². The standard InChI is InChI=1S/C38H30O2/c39-37(35-23-31(27-13-5-1-6-14-27)21-32(24-35)28-15-7-2-8-16-28)38(40)36-25-33(29-17-9-3-10-18-29)22-34(26-36)30-19-11-4-12-20-30/h1-26,37-40H/t37-,38-/m1/s1. The van der Waals surface area contributed by atoms with E-state index in [1.807, 2.05) is 97.1 Å². The molecule has 0 unspecified atom stereocenters. The van der Waals surface area contributed by atoms with Gasteiger partial charge in [-0.2, -0.15) is 0 Å². The topological polar surface area (TPSA) is 40.5 Å². The molecule has 2 N–H and O–H groups in total. The van der Waals surface area contributed by atoms with Crippen LogP contribution in [0.15, 0.2) is 158 Å². The molecule has 0 aliphatic rings. The van der Waals surface area contributed by atoms with Crippen molar-refractivity contribution >= 4 is 0 Å². The van der Waals surface area contributed by atoms with Gasteiger partial charge in [-0.3, -0.25) is 0 Å². The van der Waals surface area contributed by atoms with Crippen LogP contribution in [0.5, 0.6) is 0 Å². The minimum atomic E-state index is -1.12. The molecule has 6 rings (SSSR count). The summed E-state index contributed by atoms with van der Waals surface area (Å²) in [7, 11) is 0. The van der Waals surface area contributed by atoms with E-state index in [1.54, 1.807) is 0 Å². The maximum Gasteiger partial charge on any atom is 0.109 e. The Bertz CT molecular complexity index is 1450. The zero-order valence-corrected chi connectivity index (χ0v) is 22.1. The molecule has 2 nitrogen and oxygen atoms in total. The molecule has 0 saturated heterocycles. The molecule has 0 bridgehead atoms. The van der Waals surface area contributed by atoms with Gasteiger partial charge in [-0.1, -0.05) is 121 Å². The highest BCUT2D eigenvalue weighted by atomic mass is 16.3. The van der Waals surface area contributed by atoms with Crippen LogP contribution in [0.2, 0.25) is 0 Å². The molecule has 6 aromatic carbocycles. The lowest BCUT2D eigenvalue weighted by molar-refractivity contribution is 0.0173. The van der Waals surface area contributed by atoms with Crippen LogP contribution < -0.4 is 0 Å². The molecular weight excluding hydrogens is 488 g/mol. The van der Waals surface area contributed by atoms with E-state index in [1.165, 1.54) is 0 Å². The quantitative estimate of drug-likeness (QED) is 0.221. The zero-order valence-electron chi connectivity index (χ0n) is 22.1. The average molecular weight is 519 g/mol. The lowest BCUT2D eigenvalue weighted by Crippen LogP contribution is -2.11. The summed E-state index contributed by atoms with van der Waals surface area (Å²) in [6.45, 7) is 0. The van der Waals surface area contributed by atoms with Gasteiger partial charge in [0.05, 0.1) is 0 Å². The predicted molar refractivity (Wildman–Crippen MR) is 165 cm³/mol. The first kappa shape index (κ1) is 25.5. The first-order valence-electron chi connectivity index (χ1n) is 13.5. The molecule has 194 valence electrons. The van der Waals surface area contributed by atoms with E-state index in [9.17, 15) is 10.2 Å². The van der Waals surface area contributed by atoms with Crippen LogP contribution in [0.4, 0.5) is 0 Å². The Labute approximate surface area is 235 Å². The van der Waals surface area contributed by atoms with Gasteiger partial charge in [-0.25, -0.2) is 0 Å². The van der Waals surface area contributed by atoms with Crippen LogP contribution in [0.3, 0.4) is 0 Å². The van der Waals surface area contributed by atoms with Gasteiger partial charge in [0.25, 0.3) is 0 Å². The van der Waals surface area contributed by atoms with Crippen molar-refractivity contribution < 1.29 is 10.2 Å². The number of aliphatic hydroxyl groups is 2. The van der Waals surface area contributed by atoms with E-state index in [2.05, 4.69) is 60.7 Å². The third-order valence-corrected chi connectivity index (χ3v) is 7.32. The van der Waals surface area contributed by atoms with E-state index in [0.29, 0.717) is 11.1 Å². The summed E-state index contributed by atoms with van der Waals surface area (Å²) in [4.78, 5) is 0. The van der Waals surface area contributed by atoms with Crippen molar-refractivity contribution in [2.24, 2.45) is 0 Å². The molecule has 0 heterocycles. The average Bonchev–Trinajstić information content (AvgIpc) is 3.05. The molecule has 0 amide bonds. The van der Waals surface area contributed by atoms with Crippen molar-refractivity contribution in [1.82, 2.24) is 0 Å². The first-order valence-corrected chi connectivity index (χ1v) is 13.5. The number of aliphatic hydroxyl groups excluding tert-OH is 2. The second kappa shape index (κ2) is 11.5. The normalized spacial score (nSPS) is 12.6. The Balaban J connectivity index is 1.45. The SMILES string of the molecule is O[C@H](c1cc(-c2ccccc2)cc(-c2ccccc2)c1)[C@H](O)c1cc(-c2ccccc2)cc(-c2ccccc2)c1. The fourth-order valence-electron chi connectivity index (χ4n) is 5.20. The van der Waals surface area contributed by atoms with Gasteiger partial charge in [-0.15, -0.1) is 0 Å². The molecular formula is C38H30O2. The Hall–Kier alpha value is -4.76. The maximum absolute atomic E-state index is 11.7. The second-order valence-corrected chi connectivity index (χ2v) is 10.0. The van der Waals surface area contributed by atoms with Crippen LogP contribution in [-0.4, -0.2) is 10.2 Å². The lowest BCUT2D eigenvalue weighted by atomic mass is 9.89. The molecule has 0 aliphatic heterocycles. The third-order valence-electron chi connectivity index (χ3n) is 7.32. The number of hydrogen-bond donors (Lipinski definition) is 2. The highest BCUT2D eigenvalue weighted by Gasteiger charge is 2.23. The highest BCUT2D eigenvalue weighted by molar-refractivity contribution is 5.76. The minimum Gasteiger partial charge on any atom is -0.385 e. The molecule has 2 atom stereocenters. The Morgan fingerprint density at radius 3 is 0.725 bits per heavy atom. The first-order chi connectivity index (χ1) is 19.7. The molecule has 0 aliphatic carbocycles. The monoisotopic (exact) mass is 518 g/mol. The fourth-order valence-corrected chi connectivity index (χ4v) is 5.20. The zero-order chi connectivity index (χ0) is 27.3. The Morgan fingerprint density at radius 2 is 0.500 bits per heavy atom. The molecule has 0 fully saturated rings. The van der Waals surface area contributed by atoms with Crippen molar-refractivity contribution in [3.63, 3.8) is 0 Å². The molecule has 2 heteroatoms. The van der Waals surface area contributed by atoms with Crippen LogP contribution >= 0.6 is 0 Å². The Morgan fingerprint density at radius 1 is 0.275 bits per heavy atom. The smallest absolute Gasteiger partial charge is 0.109 e.